The number of ether oxygens (including phenoxy) is 4. The normalized spacial score (nSPS) is 22.8. The molecule has 0 amide bonds. The summed E-state index contributed by atoms with van der Waals surface area (Å²) in [4.78, 5) is 12.4. The Labute approximate surface area is 170 Å². The molecule has 0 bridgehead atoms. The first-order valence-corrected chi connectivity index (χ1v) is 9.87. The molecule has 6 heteroatoms. The second-order valence-electron chi connectivity index (χ2n) is 7.17. The van der Waals surface area contributed by atoms with E-state index >= 15 is 0 Å². The minimum atomic E-state index is -0.542. The third kappa shape index (κ3) is 5.63. The molecule has 0 radical (unpaired) electrons. The van der Waals surface area contributed by atoms with E-state index < -0.39 is 24.3 Å². The fourth-order valence-corrected chi connectivity index (χ4v) is 3.24. The standard InChI is InChI=1S/C23H27FO5/c1-4-21-27-14-20(26-13-18-12-19(24)11-10-15(18)2)22(29-21)16(3)28-23(25)17-8-6-5-7-9-17/h5-12,16,20-22H,4,13-14H2,1-3H3/t16?,20-,21+,22+/m0/s1. The topological polar surface area (TPSA) is 54.0 Å². The van der Waals surface area contributed by atoms with E-state index in [1.54, 1.807) is 37.3 Å². The van der Waals surface area contributed by atoms with E-state index in [-0.39, 0.29) is 18.7 Å². The van der Waals surface area contributed by atoms with Crippen molar-refractivity contribution in [3.05, 3.63) is 71.0 Å². The maximum absolute atomic E-state index is 13.6. The zero-order valence-corrected chi connectivity index (χ0v) is 17.0. The van der Waals surface area contributed by atoms with Gasteiger partial charge < -0.3 is 18.9 Å². The average molecular weight is 402 g/mol. The van der Waals surface area contributed by atoms with Crippen molar-refractivity contribution in [2.45, 2.75) is 58.4 Å². The Balaban J connectivity index is 1.68. The van der Waals surface area contributed by atoms with Crippen LogP contribution in [-0.4, -0.2) is 37.2 Å². The molecule has 1 fully saturated rings. The average Bonchev–Trinajstić information content (AvgIpc) is 2.74. The highest BCUT2D eigenvalue weighted by molar-refractivity contribution is 5.89. The van der Waals surface area contributed by atoms with Crippen molar-refractivity contribution in [3.63, 3.8) is 0 Å². The molecule has 1 heterocycles. The maximum Gasteiger partial charge on any atom is 0.338 e. The molecule has 1 unspecified atom stereocenters. The summed E-state index contributed by atoms with van der Waals surface area (Å²) in [6, 6.07) is 13.4. The second-order valence-corrected chi connectivity index (χ2v) is 7.17. The summed E-state index contributed by atoms with van der Waals surface area (Å²) < 4.78 is 36.9. The molecule has 1 aliphatic rings. The summed E-state index contributed by atoms with van der Waals surface area (Å²) in [5, 5.41) is 0. The lowest BCUT2D eigenvalue weighted by Crippen LogP contribution is -2.51. The van der Waals surface area contributed by atoms with E-state index in [0.717, 1.165) is 11.1 Å². The Kier molecular flexibility index (Phi) is 7.36. The van der Waals surface area contributed by atoms with Gasteiger partial charge in [0.2, 0.25) is 0 Å². The van der Waals surface area contributed by atoms with Crippen LogP contribution in [0.5, 0.6) is 0 Å². The molecule has 0 aromatic heterocycles. The molecule has 4 atom stereocenters. The van der Waals surface area contributed by atoms with Gasteiger partial charge in [0.05, 0.1) is 18.8 Å². The molecule has 0 aliphatic carbocycles. The highest BCUT2D eigenvalue weighted by Gasteiger charge is 2.38. The zero-order valence-electron chi connectivity index (χ0n) is 17.0. The van der Waals surface area contributed by atoms with E-state index in [9.17, 15) is 9.18 Å². The Morgan fingerprint density at radius 3 is 2.72 bits per heavy atom. The van der Waals surface area contributed by atoms with Gasteiger partial charge >= 0.3 is 5.97 Å². The fourth-order valence-electron chi connectivity index (χ4n) is 3.24. The highest BCUT2D eigenvalue weighted by atomic mass is 19.1. The van der Waals surface area contributed by atoms with Crippen LogP contribution in [0.2, 0.25) is 0 Å². The first-order chi connectivity index (χ1) is 14.0. The number of hydrogen-bond donors (Lipinski definition) is 0. The van der Waals surface area contributed by atoms with Crippen molar-refractivity contribution in [1.82, 2.24) is 0 Å². The van der Waals surface area contributed by atoms with Gasteiger partial charge in [-0.1, -0.05) is 31.2 Å². The first-order valence-electron chi connectivity index (χ1n) is 9.87. The zero-order chi connectivity index (χ0) is 20.8. The predicted octanol–water partition coefficient (Wildman–Crippen LogP) is 4.42. The maximum atomic E-state index is 13.6. The van der Waals surface area contributed by atoms with Crippen LogP contribution in [-0.2, 0) is 25.6 Å². The van der Waals surface area contributed by atoms with Crippen molar-refractivity contribution in [3.8, 4) is 0 Å². The summed E-state index contributed by atoms with van der Waals surface area (Å²) in [6.45, 7) is 6.17. The number of esters is 1. The van der Waals surface area contributed by atoms with Crippen LogP contribution >= 0.6 is 0 Å². The minimum absolute atomic E-state index is 0.216. The molecule has 0 saturated carbocycles. The van der Waals surface area contributed by atoms with Gasteiger partial charge in [0.15, 0.2) is 6.29 Å². The van der Waals surface area contributed by atoms with Crippen molar-refractivity contribution in [1.29, 1.82) is 0 Å². The van der Waals surface area contributed by atoms with Crippen molar-refractivity contribution in [2.75, 3.05) is 6.61 Å². The predicted molar refractivity (Wildman–Crippen MR) is 106 cm³/mol. The second kappa shape index (κ2) is 9.96. The van der Waals surface area contributed by atoms with Gasteiger partial charge in [-0.15, -0.1) is 0 Å². The van der Waals surface area contributed by atoms with Crippen LogP contribution in [0.1, 0.15) is 41.8 Å². The van der Waals surface area contributed by atoms with Gasteiger partial charge in [0.25, 0.3) is 0 Å². The monoisotopic (exact) mass is 402 g/mol. The van der Waals surface area contributed by atoms with E-state index in [2.05, 4.69) is 0 Å². The molecule has 29 heavy (non-hydrogen) atoms. The number of hydrogen-bond acceptors (Lipinski definition) is 5. The van der Waals surface area contributed by atoms with Gasteiger partial charge in [0.1, 0.15) is 24.1 Å². The molecule has 0 N–H and O–H groups in total. The van der Waals surface area contributed by atoms with E-state index in [0.29, 0.717) is 18.6 Å². The van der Waals surface area contributed by atoms with Crippen molar-refractivity contribution in [2.24, 2.45) is 0 Å². The van der Waals surface area contributed by atoms with Crippen LogP contribution in [0.25, 0.3) is 0 Å². The smallest absolute Gasteiger partial charge is 0.338 e. The van der Waals surface area contributed by atoms with Crippen LogP contribution in [0.15, 0.2) is 48.5 Å². The number of carbonyl (C=O) groups is 1. The van der Waals surface area contributed by atoms with Crippen LogP contribution in [0.4, 0.5) is 4.39 Å². The lowest BCUT2D eigenvalue weighted by atomic mass is 10.1. The van der Waals surface area contributed by atoms with Gasteiger partial charge in [-0.05, 0) is 55.7 Å². The Hall–Kier alpha value is -2.28. The SMILES string of the molecule is CC[C@@H]1OC[C@H](OCc2cc(F)ccc2C)[C@@H](C(C)OC(=O)c2ccccc2)O1. The summed E-state index contributed by atoms with van der Waals surface area (Å²) in [5.74, 6) is -0.723. The Bertz CT molecular complexity index is 810. The molecule has 1 saturated heterocycles. The number of rotatable bonds is 7. The number of aryl methyl sites for hydroxylation is 1. The molecular formula is C23H27FO5. The summed E-state index contributed by atoms with van der Waals surface area (Å²) >= 11 is 0. The highest BCUT2D eigenvalue weighted by Crippen LogP contribution is 2.24. The molecule has 2 aromatic carbocycles. The third-order valence-corrected chi connectivity index (χ3v) is 4.98. The quantitative estimate of drug-likeness (QED) is 0.642. The summed E-state index contributed by atoms with van der Waals surface area (Å²) in [5.41, 5.74) is 2.18. The molecule has 2 aromatic rings. The van der Waals surface area contributed by atoms with Crippen LogP contribution < -0.4 is 0 Å². The minimum Gasteiger partial charge on any atom is -0.456 e. The molecular weight excluding hydrogens is 375 g/mol. The number of benzene rings is 2. The lowest BCUT2D eigenvalue weighted by Gasteiger charge is -2.38. The van der Waals surface area contributed by atoms with E-state index in [4.69, 9.17) is 18.9 Å². The number of halogens is 1. The molecule has 1 aliphatic heterocycles. The number of carbonyl (C=O) groups excluding carboxylic acids is 1. The summed E-state index contributed by atoms with van der Waals surface area (Å²) in [7, 11) is 0. The Morgan fingerprint density at radius 1 is 1.24 bits per heavy atom. The van der Waals surface area contributed by atoms with Gasteiger partial charge in [-0.2, -0.15) is 0 Å². The van der Waals surface area contributed by atoms with Gasteiger partial charge in [-0.3, -0.25) is 0 Å². The van der Waals surface area contributed by atoms with Gasteiger partial charge in [-0.25, -0.2) is 9.18 Å². The van der Waals surface area contributed by atoms with Crippen LogP contribution in [0.3, 0.4) is 0 Å². The van der Waals surface area contributed by atoms with Gasteiger partial charge in [0, 0.05) is 0 Å². The van der Waals surface area contributed by atoms with Crippen molar-refractivity contribution >= 4 is 5.97 Å². The van der Waals surface area contributed by atoms with Crippen molar-refractivity contribution < 1.29 is 28.1 Å². The fraction of sp³-hybridized carbons (Fsp3) is 0.435. The van der Waals surface area contributed by atoms with E-state index in [1.807, 2.05) is 19.9 Å². The summed E-state index contributed by atoms with van der Waals surface area (Å²) in [6.07, 6.45) is -1.19. The molecule has 0 spiro atoms. The third-order valence-electron chi connectivity index (χ3n) is 4.98. The lowest BCUT2D eigenvalue weighted by molar-refractivity contribution is -0.279. The molecule has 156 valence electrons. The largest absolute Gasteiger partial charge is 0.456 e. The molecule has 3 rings (SSSR count). The van der Waals surface area contributed by atoms with Crippen LogP contribution in [0, 0.1) is 12.7 Å². The molecule has 5 nitrogen and oxygen atoms in total. The Morgan fingerprint density at radius 2 is 2.00 bits per heavy atom. The first kappa shape index (κ1) is 21.4. The van der Waals surface area contributed by atoms with E-state index in [1.165, 1.54) is 12.1 Å².